The first kappa shape index (κ1) is 23.6. The smallest absolute Gasteiger partial charge is 0.227 e. The van der Waals surface area contributed by atoms with Gasteiger partial charge in [0.2, 0.25) is 11.8 Å². The number of likely N-dealkylation sites (tertiary alicyclic amines) is 1. The maximum atomic E-state index is 12.6. The average molecular weight is 472 g/mol. The van der Waals surface area contributed by atoms with Crippen molar-refractivity contribution in [1.82, 2.24) is 10.2 Å². The normalized spacial score (nSPS) is 28.9. The van der Waals surface area contributed by atoms with E-state index < -0.39 is 6.10 Å². The lowest BCUT2D eigenvalue weighted by atomic mass is 9.83. The summed E-state index contributed by atoms with van der Waals surface area (Å²) in [7, 11) is 0. The fraction of sp³-hybridized carbons (Fsp3) is 0.692. The van der Waals surface area contributed by atoms with Gasteiger partial charge in [-0.3, -0.25) is 9.59 Å². The van der Waals surface area contributed by atoms with Gasteiger partial charge in [0.15, 0.2) is 0 Å². The molecule has 1 aromatic carbocycles. The third-order valence-corrected chi connectivity index (χ3v) is 7.85. The lowest BCUT2D eigenvalue weighted by molar-refractivity contribution is -0.142. The molecule has 5 rings (SSSR count). The van der Waals surface area contributed by atoms with Gasteiger partial charge in [-0.25, -0.2) is 0 Å². The number of benzene rings is 1. The second-order valence-electron chi connectivity index (χ2n) is 10.2. The van der Waals surface area contributed by atoms with Crippen molar-refractivity contribution in [3.63, 3.8) is 0 Å². The number of aliphatic hydroxyl groups excluding tert-OH is 1. The van der Waals surface area contributed by atoms with Crippen molar-refractivity contribution in [3.05, 3.63) is 23.8 Å². The molecular weight excluding hydrogens is 434 g/mol. The molecule has 0 unspecified atom stereocenters. The first-order chi connectivity index (χ1) is 16.6. The number of nitrogens with one attached hydrogen (secondary N) is 2. The first-order valence-corrected chi connectivity index (χ1v) is 13.0. The number of carbonyl (C=O) groups excluding carboxylic acids is 2. The second-order valence-corrected chi connectivity index (χ2v) is 10.2. The molecule has 1 aliphatic carbocycles. The quantitative estimate of drug-likeness (QED) is 0.539. The SMILES string of the molecule is O=C(C[C@H]1C[C@@H]2c3cc(NC(=O)C4CCC4)ccc3O[C@@H]2[C@H](CO)O1)NCCN1CCCCC1. The molecule has 0 bridgehead atoms. The highest BCUT2D eigenvalue weighted by molar-refractivity contribution is 5.93. The average Bonchev–Trinajstić information content (AvgIpc) is 3.16. The van der Waals surface area contributed by atoms with Crippen molar-refractivity contribution < 1.29 is 24.2 Å². The Morgan fingerprint density at radius 3 is 2.68 bits per heavy atom. The van der Waals surface area contributed by atoms with Gasteiger partial charge in [-0.15, -0.1) is 0 Å². The maximum Gasteiger partial charge on any atom is 0.227 e. The minimum absolute atomic E-state index is 0.0159. The molecule has 186 valence electrons. The molecule has 0 aromatic heterocycles. The van der Waals surface area contributed by atoms with Crippen molar-refractivity contribution in [3.8, 4) is 5.75 Å². The van der Waals surface area contributed by atoms with Gasteiger partial charge in [0.05, 0.1) is 19.1 Å². The number of anilines is 1. The number of rotatable bonds is 8. The van der Waals surface area contributed by atoms with Gasteiger partial charge < -0.3 is 30.1 Å². The van der Waals surface area contributed by atoms with Crippen molar-refractivity contribution >= 4 is 17.5 Å². The van der Waals surface area contributed by atoms with Gasteiger partial charge in [0, 0.05) is 36.2 Å². The highest BCUT2D eigenvalue weighted by Crippen LogP contribution is 2.47. The first-order valence-electron chi connectivity index (χ1n) is 13.0. The topological polar surface area (TPSA) is 100 Å². The van der Waals surface area contributed by atoms with Crippen molar-refractivity contribution in [2.45, 2.75) is 75.6 Å². The van der Waals surface area contributed by atoms with E-state index in [4.69, 9.17) is 9.47 Å². The molecule has 2 amide bonds. The number of amides is 2. The van der Waals surface area contributed by atoms with E-state index in [2.05, 4.69) is 15.5 Å². The van der Waals surface area contributed by atoms with Gasteiger partial charge in [-0.1, -0.05) is 12.8 Å². The molecule has 8 nitrogen and oxygen atoms in total. The third kappa shape index (κ3) is 5.24. The van der Waals surface area contributed by atoms with Crippen molar-refractivity contribution in [2.75, 3.05) is 38.1 Å². The summed E-state index contributed by atoms with van der Waals surface area (Å²) in [6, 6.07) is 5.75. The summed E-state index contributed by atoms with van der Waals surface area (Å²) >= 11 is 0. The molecule has 0 radical (unpaired) electrons. The number of hydrogen-bond donors (Lipinski definition) is 3. The van der Waals surface area contributed by atoms with Gasteiger partial charge in [-0.2, -0.15) is 0 Å². The largest absolute Gasteiger partial charge is 0.487 e. The van der Waals surface area contributed by atoms with E-state index >= 15 is 0 Å². The van der Waals surface area contributed by atoms with Crippen molar-refractivity contribution in [1.29, 1.82) is 0 Å². The molecule has 34 heavy (non-hydrogen) atoms. The molecule has 3 aliphatic heterocycles. The van der Waals surface area contributed by atoms with E-state index in [0.29, 0.717) is 13.0 Å². The number of nitrogens with zero attached hydrogens (tertiary/aromatic N) is 1. The van der Waals surface area contributed by atoms with Crippen LogP contribution in [-0.2, 0) is 14.3 Å². The van der Waals surface area contributed by atoms with Crippen LogP contribution in [0.1, 0.15) is 62.8 Å². The lowest BCUT2D eigenvalue weighted by Crippen LogP contribution is -2.47. The molecule has 1 aromatic rings. The zero-order chi connectivity index (χ0) is 23.5. The Morgan fingerprint density at radius 2 is 1.94 bits per heavy atom. The van der Waals surface area contributed by atoms with Gasteiger partial charge in [0.1, 0.15) is 18.0 Å². The van der Waals surface area contributed by atoms with Gasteiger partial charge >= 0.3 is 0 Å². The predicted molar refractivity (Wildman–Crippen MR) is 128 cm³/mol. The van der Waals surface area contributed by atoms with E-state index in [-0.39, 0.29) is 48.9 Å². The van der Waals surface area contributed by atoms with E-state index in [9.17, 15) is 14.7 Å². The molecule has 3 fully saturated rings. The van der Waals surface area contributed by atoms with Gasteiger partial charge in [0.25, 0.3) is 0 Å². The highest BCUT2D eigenvalue weighted by Gasteiger charge is 2.46. The number of ether oxygens (including phenoxy) is 2. The third-order valence-electron chi connectivity index (χ3n) is 7.85. The summed E-state index contributed by atoms with van der Waals surface area (Å²) < 4.78 is 12.2. The molecule has 2 saturated heterocycles. The Hall–Kier alpha value is -2.16. The molecule has 4 atom stereocenters. The number of hydrogen-bond acceptors (Lipinski definition) is 6. The van der Waals surface area contributed by atoms with Crippen LogP contribution in [0.2, 0.25) is 0 Å². The number of aliphatic hydroxyl groups is 1. The van der Waals surface area contributed by atoms with E-state index in [1.54, 1.807) is 0 Å². The molecule has 3 heterocycles. The fourth-order valence-electron chi connectivity index (χ4n) is 5.70. The summed E-state index contributed by atoms with van der Waals surface area (Å²) in [6.07, 6.45) is 6.70. The second kappa shape index (κ2) is 10.6. The molecule has 0 spiro atoms. The standard InChI is InChI=1S/C26H37N3O5/c30-16-23-25-21(14-19(33-23)15-24(31)27-9-12-29-10-2-1-3-11-29)20-13-18(7-8-22(20)34-25)28-26(32)17-5-4-6-17/h7-8,13,17,19,21,23,25,30H,1-6,9-12,14-16H2,(H,27,31)(H,28,32)/t19-,21-,23+,25+/m1/s1. The number of piperidine rings is 1. The van der Waals surface area contributed by atoms with Crippen LogP contribution in [-0.4, -0.2) is 72.9 Å². The minimum atomic E-state index is -0.481. The fourth-order valence-corrected chi connectivity index (χ4v) is 5.70. The van der Waals surface area contributed by atoms with Crippen LogP contribution in [0.5, 0.6) is 5.75 Å². The minimum Gasteiger partial charge on any atom is -0.487 e. The Bertz CT molecular complexity index is 883. The van der Waals surface area contributed by atoms with E-state index in [1.807, 2.05) is 18.2 Å². The van der Waals surface area contributed by atoms with E-state index in [0.717, 1.165) is 55.9 Å². The molecule has 4 aliphatic rings. The van der Waals surface area contributed by atoms with Gasteiger partial charge in [-0.05, 0) is 63.4 Å². The summed E-state index contributed by atoms with van der Waals surface area (Å²) in [5, 5.41) is 16.0. The monoisotopic (exact) mass is 471 g/mol. The van der Waals surface area contributed by atoms with Crippen LogP contribution < -0.4 is 15.4 Å². The summed E-state index contributed by atoms with van der Waals surface area (Å²) in [5.41, 5.74) is 1.80. The van der Waals surface area contributed by atoms with Crippen molar-refractivity contribution in [2.24, 2.45) is 5.92 Å². The summed E-state index contributed by atoms with van der Waals surface area (Å²) in [5.74, 6) is 0.980. The Balaban J connectivity index is 1.18. The van der Waals surface area contributed by atoms with Crippen LogP contribution in [0.15, 0.2) is 18.2 Å². The van der Waals surface area contributed by atoms with Crippen LogP contribution in [0.25, 0.3) is 0 Å². The molecule has 1 saturated carbocycles. The molecule has 8 heteroatoms. The number of carbonyl (C=O) groups is 2. The summed E-state index contributed by atoms with van der Waals surface area (Å²) in [4.78, 5) is 27.4. The zero-order valence-electron chi connectivity index (χ0n) is 19.8. The Kier molecular flexibility index (Phi) is 7.37. The van der Waals surface area contributed by atoms with Crippen LogP contribution in [0.4, 0.5) is 5.69 Å². The lowest BCUT2D eigenvalue weighted by Gasteiger charge is -2.37. The van der Waals surface area contributed by atoms with Crippen LogP contribution >= 0.6 is 0 Å². The predicted octanol–water partition coefficient (Wildman–Crippen LogP) is 2.41. The number of fused-ring (bicyclic) bond motifs is 3. The zero-order valence-corrected chi connectivity index (χ0v) is 19.8. The van der Waals surface area contributed by atoms with Crippen LogP contribution in [0, 0.1) is 5.92 Å². The Labute approximate surface area is 201 Å². The molecule has 3 N–H and O–H groups in total. The molecular formula is C26H37N3O5. The Morgan fingerprint density at radius 1 is 1.12 bits per heavy atom. The van der Waals surface area contributed by atoms with E-state index in [1.165, 1.54) is 19.3 Å². The highest BCUT2D eigenvalue weighted by atomic mass is 16.6. The van der Waals surface area contributed by atoms with Crippen LogP contribution in [0.3, 0.4) is 0 Å². The maximum absolute atomic E-state index is 12.6. The summed E-state index contributed by atoms with van der Waals surface area (Å²) in [6.45, 7) is 3.61.